The van der Waals surface area contributed by atoms with Crippen LogP contribution in [0.4, 0.5) is 26.3 Å². The molecule has 0 aliphatic rings. The van der Waals surface area contributed by atoms with E-state index >= 15 is 0 Å². The van der Waals surface area contributed by atoms with Gasteiger partial charge in [-0.1, -0.05) is 54.6 Å². The largest absolute Gasteiger partial charge is 0.416 e. The molecule has 0 aliphatic heterocycles. The van der Waals surface area contributed by atoms with Crippen molar-refractivity contribution in [2.75, 3.05) is 0 Å². The lowest BCUT2D eigenvalue weighted by Gasteiger charge is -2.19. The van der Waals surface area contributed by atoms with Gasteiger partial charge in [0.25, 0.3) is 0 Å². The highest BCUT2D eigenvalue weighted by Gasteiger charge is 2.37. The summed E-state index contributed by atoms with van der Waals surface area (Å²) in [6.45, 7) is 0. The van der Waals surface area contributed by atoms with E-state index in [1.807, 2.05) is 69.8 Å². The van der Waals surface area contributed by atoms with Crippen LogP contribution in [0.2, 0.25) is 0 Å². The maximum absolute atomic E-state index is 14.4. The van der Waals surface area contributed by atoms with Crippen LogP contribution in [0, 0.1) is 79.3 Å². The van der Waals surface area contributed by atoms with Crippen molar-refractivity contribution in [2.45, 2.75) is 12.4 Å². The van der Waals surface area contributed by atoms with E-state index < -0.39 is 29.0 Å². The second-order valence-electron chi connectivity index (χ2n) is 18.1. The number of halogens is 6. The molecule has 0 atom stereocenters. The molecule has 9 nitrogen and oxygen atoms in total. The van der Waals surface area contributed by atoms with Gasteiger partial charge >= 0.3 is 12.4 Å². The van der Waals surface area contributed by atoms with E-state index in [2.05, 4.69) is 30.3 Å². The van der Waals surface area contributed by atoms with Gasteiger partial charge in [-0.2, -0.15) is 63.2 Å². The lowest BCUT2D eigenvalue weighted by atomic mass is 9.92. The lowest BCUT2D eigenvalue weighted by Crippen LogP contribution is -2.11. The Morgan fingerprint density at radius 3 is 1.22 bits per heavy atom. The van der Waals surface area contributed by atoms with Gasteiger partial charge in [0, 0.05) is 49.5 Å². The van der Waals surface area contributed by atoms with E-state index in [4.69, 9.17) is 0 Å². The summed E-state index contributed by atoms with van der Waals surface area (Å²) in [5.41, 5.74) is 2.88. The highest BCUT2D eigenvalue weighted by molar-refractivity contribution is 6.12. The third kappa shape index (κ3) is 8.01. The van der Waals surface area contributed by atoms with Gasteiger partial charge in [0.2, 0.25) is 0 Å². The average Bonchev–Trinajstić information content (AvgIpc) is 4.20. The van der Waals surface area contributed by atoms with Gasteiger partial charge in [0.05, 0.1) is 120 Å². The summed E-state index contributed by atoms with van der Waals surface area (Å²) in [7, 11) is 0. The van der Waals surface area contributed by atoms with E-state index in [1.165, 1.54) is 36.4 Å². The summed E-state index contributed by atoms with van der Waals surface area (Å²) in [5, 5.41) is 73.7. The molecule has 0 fully saturated rings. The Balaban J connectivity index is 1.19. The summed E-state index contributed by atoms with van der Waals surface area (Å²) in [6, 6.07) is 56.4. The Hall–Kier alpha value is -11.4. The fourth-order valence-corrected chi connectivity index (χ4v) is 10.4. The molecule has 78 heavy (non-hydrogen) atoms. The van der Waals surface area contributed by atoms with Crippen molar-refractivity contribution in [1.82, 2.24) is 9.13 Å². The zero-order valence-corrected chi connectivity index (χ0v) is 39.9. The van der Waals surface area contributed by atoms with Crippen LogP contribution < -0.4 is 0 Å². The van der Waals surface area contributed by atoms with Crippen LogP contribution in [0.1, 0.15) is 50.1 Å². The molecule has 0 bridgehead atoms. The molecule has 2 heterocycles. The number of fused-ring (bicyclic) bond motifs is 6. The van der Waals surface area contributed by atoms with Crippen LogP contribution in [-0.4, -0.2) is 9.13 Å². The number of benzene rings is 9. The van der Waals surface area contributed by atoms with Gasteiger partial charge in [-0.25, -0.2) is 0 Å². The maximum Gasteiger partial charge on any atom is 0.416 e. The number of alkyl halides is 6. The molecule has 366 valence electrons. The highest BCUT2D eigenvalue weighted by Crippen LogP contribution is 2.45. The van der Waals surface area contributed by atoms with Crippen molar-refractivity contribution in [2.24, 2.45) is 0 Å². The number of para-hydroxylation sites is 2. The van der Waals surface area contributed by atoms with Crippen molar-refractivity contribution >= 4 is 43.6 Å². The van der Waals surface area contributed by atoms with Crippen molar-refractivity contribution in [3.05, 3.63) is 214 Å². The first kappa shape index (κ1) is 48.8. The predicted molar refractivity (Wildman–Crippen MR) is 280 cm³/mol. The molecule has 0 saturated heterocycles. The van der Waals surface area contributed by atoms with Gasteiger partial charge in [-0.15, -0.1) is 0 Å². The molecule has 9 aromatic carbocycles. The third-order valence-corrected chi connectivity index (χ3v) is 13.8. The van der Waals surface area contributed by atoms with Crippen molar-refractivity contribution in [1.29, 1.82) is 36.8 Å². The molecular weight excluding hydrogens is 997 g/mol. The fraction of sp³-hybridized carbons (Fsp3) is 0.0317. The van der Waals surface area contributed by atoms with E-state index in [0.29, 0.717) is 84.0 Å². The monoisotopic (exact) mass is 1020 g/mol. The minimum atomic E-state index is -5.15. The van der Waals surface area contributed by atoms with Crippen molar-refractivity contribution in [3.8, 4) is 98.4 Å². The minimum absolute atomic E-state index is 0.0303. The van der Waals surface area contributed by atoms with Crippen LogP contribution in [0.3, 0.4) is 0 Å². The predicted octanol–water partition coefficient (Wildman–Crippen LogP) is 15.7. The van der Waals surface area contributed by atoms with Crippen LogP contribution in [0.25, 0.3) is 99.5 Å². The Morgan fingerprint density at radius 2 is 0.756 bits per heavy atom. The van der Waals surface area contributed by atoms with Crippen LogP contribution in [0.5, 0.6) is 0 Å². The fourth-order valence-electron chi connectivity index (χ4n) is 10.4. The average molecular weight is 1020 g/mol. The van der Waals surface area contributed by atoms with E-state index in [-0.39, 0.29) is 61.7 Å². The number of rotatable bonds is 6. The Morgan fingerprint density at radius 1 is 0.321 bits per heavy atom. The first-order valence-electron chi connectivity index (χ1n) is 23.4. The van der Waals surface area contributed by atoms with Gasteiger partial charge < -0.3 is 9.13 Å². The summed E-state index contributed by atoms with van der Waals surface area (Å²) in [5.74, 6) is 0. The minimum Gasteiger partial charge on any atom is -0.309 e. The SMILES string of the molecule is N#Cc1cc(C#N)c(-c2ccc3c(c2)c2ccccc2n3-c2ccc(C#N)c(-c3cc(-c4cc(C(F)(F)F)cc(C(F)(F)F)c4)ccc3-n3c4ccccc4c4cc(-c5c(C#N)cc(C#N)cc5C#N)ccc43)c2)c(C#N)c1. The summed E-state index contributed by atoms with van der Waals surface area (Å²) >= 11 is 0. The number of hydrogen-bond donors (Lipinski definition) is 0. The van der Waals surface area contributed by atoms with Crippen LogP contribution in [0.15, 0.2) is 164 Å². The normalized spacial score (nSPS) is 11.4. The van der Waals surface area contributed by atoms with Crippen molar-refractivity contribution < 1.29 is 26.3 Å². The zero-order valence-electron chi connectivity index (χ0n) is 39.9. The van der Waals surface area contributed by atoms with E-state index in [0.717, 1.165) is 5.39 Å². The molecule has 0 unspecified atom stereocenters. The topological polar surface area (TPSA) is 176 Å². The van der Waals surface area contributed by atoms with Gasteiger partial charge in [-0.05, 0) is 131 Å². The molecule has 11 rings (SSSR count). The number of nitrogens with zero attached hydrogens (tertiary/aromatic N) is 9. The van der Waals surface area contributed by atoms with Gasteiger partial charge in [0.15, 0.2) is 0 Å². The number of nitriles is 7. The molecule has 11 aromatic rings. The quantitative estimate of drug-likeness (QED) is 0.149. The Labute approximate surface area is 438 Å². The Bertz CT molecular complexity index is 4650. The van der Waals surface area contributed by atoms with Crippen LogP contribution in [-0.2, 0) is 12.4 Å². The summed E-state index contributed by atoms with van der Waals surface area (Å²) < 4.78 is 90.3. The first-order chi connectivity index (χ1) is 37.6. The molecule has 0 aliphatic carbocycles. The molecular formula is C63H27F6N9. The molecule has 0 N–H and O–H groups in total. The Kier molecular flexibility index (Phi) is 11.6. The molecule has 0 radical (unpaired) electrons. The summed E-state index contributed by atoms with van der Waals surface area (Å²) in [6.07, 6.45) is -10.3. The standard InChI is InChI=1S/C63H27F6N9/c64-62(65,66)46-21-41(22-47(26-46)63(67,68)69)37-10-14-59(78-56-8-4-2-6-50(56)53-25-39(12-16-58(53)78)61-44(33-75)19-36(29-71)20-45(61)34-76)54(23-37)51-27-48(13-9-40(51)30-72)77-55-7-3-1-5-49(55)52-24-38(11-15-57(52)77)60-42(31-73)17-35(28-70)18-43(60)32-74/h1-27H. The van der Waals surface area contributed by atoms with Crippen LogP contribution >= 0.6 is 0 Å². The van der Waals surface area contributed by atoms with E-state index in [1.54, 1.807) is 60.7 Å². The molecule has 0 spiro atoms. The lowest BCUT2D eigenvalue weighted by molar-refractivity contribution is -0.143. The third-order valence-electron chi connectivity index (χ3n) is 13.8. The summed E-state index contributed by atoms with van der Waals surface area (Å²) in [4.78, 5) is 0. The second-order valence-corrected chi connectivity index (χ2v) is 18.1. The number of aromatic nitrogens is 2. The van der Waals surface area contributed by atoms with Gasteiger partial charge in [-0.3, -0.25) is 0 Å². The smallest absolute Gasteiger partial charge is 0.309 e. The van der Waals surface area contributed by atoms with Crippen molar-refractivity contribution in [3.63, 3.8) is 0 Å². The molecule has 0 amide bonds. The number of hydrogen-bond acceptors (Lipinski definition) is 7. The molecule has 2 aromatic heterocycles. The zero-order chi connectivity index (χ0) is 54.8. The molecule has 15 heteroatoms. The maximum atomic E-state index is 14.4. The first-order valence-corrected chi connectivity index (χ1v) is 23.4. The molecule has 0 saturated carbocycles. The van der Waals surface area contributed by atoms with Gasteiger partial charge in [0.1, 0.15) is 0 Å². The highest BCUT2D eigenvalue weighted by atomic mass is 19.4. The van der Waals surface area contributed by atoms with E-state index in [9.17, 15) is 63.2 Å². The second kappa shape index (κ2) is 18.5.